The van der Waals surface area contributed by atoms with Gasteiger partial charge in [0, 0.05) is 17.3 Å². The van der Waals surface area contributed by atoms with E-state index in [9.17, 15) is 9.59 Å². The first-order valence-electron chi connectivity index (χ1n) is 9.46. The highest BCUT2D eigenvalue weighted by atomic mass is 32.2. The van der Waals surface area contributed by atoms with Crippen LogP contribution in [0, 0.1) is 0 Å². The van der Waals surface area contributed by atoms with Crippen molar-refractivity contribution in [2.75, 3.05) is 4.90 Å². The molecule has 0 saturated heterocycles. The van der Waals surface area contributed by atoms with Gasteiger partial charge in [0.1, 0.15) is 10.7 Å². The average molecular weight is 434 g/mol. The minimum atomic E-state index is -0.0357. The van der Waals surface area contributed by atoms with Crippen LogP contribution in [0.15, 0.2) is 9.13 Å². The van der Waals surface area contributed by atoms with Crippen molar-refractivity contribution in [3.63, 3.8) is 0 Å². The number of aromatic amines is 1. The SMILES string of the molecule is CCC(=O)N(c1nnc(SCc2nc3sc4c(c3c(=O)[nH]2)CCC4)s1)C1CC1. The largest absolute Gasteiger partial charge is 0.309 e. The van der Waals surface area contributed by atoms with Crippen molar-refractivity contribution in [3.05, 3.63) is 26.6 Å². The van der Waals surface area contributed by atoms with Crippen molar-refractivity contribution >= 4 is 55.7 Å². The molecule has 0 aromatic carbocycles. The highest BCUT2D eigenvalue weighted by Crippen LogP contribution is 2.37. The third-order valence-corrected chi connectivity index (χ3v) is 8.29. The van der Waals surface area contributed by atoms with E-state index >= 15 is 0 Å². The zero-order chi connectivity index (χ0) is 19.3. The molecule has 1 fully saturated rings. The Kier molecular flexibility index (Phi) is 4.72. The lowest BCUT2D eigenvalue weighted by Gasteiger charge is -2.17. The third kappa shape index (κ3) is 3.27. The Morgan fingerprint density at radius 3 is 2.93 bits per heavy atom. The molecule has 0 aliphatic heterocycles. The molecule has 3 aromatic rings. The molecule has 28 heavy (non-hydrogen) atoms. The molecule has 146 valence electrons. The maximum Gasteiger partial charge on any atom is 0.259 e. The third-order valence-electron chi connectivity index (χ3n) is 5.04. The lowest BCUT2D eigenvalue weighted by atomic mass is 10.2. The summed E-state index contributed by atoms with van der Waals surface area (Å²) >= 11 is 4.57. The number of thiophene rings is 1. The van der Waals surface area contributed by atoms with Crippen molar-refractivity contribution in [2.24, 2.45) is 0 Å². The van der Waals surface area contributed by atoms with Crippen molar-refractivity contribution in [1.29, 1.82) is 0 Å². The number of hydrogen-bond donors (Lipinski definition) is 1. The van der Waals surface area contributed by atoms with E-state index in [-0.39, 0.29) is 17.5 Å². The second kappa shape index (κ2) is 7.23. The quantitative estimate of drug-likeness (QED) is 0.472. The molecule has 3 aromatic heterocycles. The summed E-state index contributed by atoms with van der Waals surface area (Å²) in [6.07, 6.45) is 5.70. The van der Waals surface area contributed by atoms with Crippen LogP contribution in [0.4, 0.5) is 5.13 Å². The number of thioether (sulfide) groups is 1. The molecular weight excluding hydrogens is 414 g/mol. The highest BCUT2D eigenvalue weighted by molar-refractivity contribution is 8.00. The number of nitrogens with zero attached hydrogens (tertiary/aromatic N) is 4. The van der Waals surface area contributed by atoms with Gasteiger partial charge in [-0.1, -0.05) is 30.0 Å². The Labute approximate surface area is 173 Å². The van der Waals surface area contributed by atoms with Crippen molar-refractivity contribution in [1.82, 2.24) is 20.2 Å². The van der Waals surface area contributed by atoms with Gasteiger partial charge in [-0.05, 0) is 37.7 Å². The Hall–Kier alpha value is -1.78. The standard InChI is InChI=1S/C18H19N5O2S3/c1-2-13(24)23(9-6-7-9)17-21-22-18(28-17)26-8-12-19-15(25)14-10-4-3-5-11(10)27-16(14)20-12/h9H,2-8H2,1H3,(H,19,20,25). The minimum absolute atomic E-state index is 0.0357. The molecule has 0 radical (unpaired) electrons. The topological polar surface area (TPSA) is 91.8 Å². The first-order valence-corrected chi connectivity index (χ1v) is 12.1. The van der Waals surface area contributed by atoms with E-state index in [2.05, 4.69) is 20.2 Å². The molecule has 0 unspecified atom stereocenters. The summed E-state index contributed by atoms with van der Waals surface area (Å²) in [5.74, 6) is 1.27. The number of rotatable bonds is 6. The zero-order valence-electron chi connectivity index (χ0n) is 15.4. The van der Waals surface area contributed by atoms with Crippen LogP contribution >= 0.6 is 34.4 Å². The number of carbonyl (C=O) groups is 1. The van der Waals surface area contributed by atoms with Gasteiger partial charge >= 0.3 is 0 Å². The molecule has 10 heteroatoms. The number of H-pyrrole nitrogens is 1. The van der Waals surface area contributed by atoms with Crippen LogP contribution in [0.5, 0.6) is 0 Å². The Balaban J connectivity index is 1.34. The Bertz CT molecular complexity index is 1110. The smallest absolute Gasteiger partial charge is 0.259 e. The first-order chi connectivity index (χ1) is 13.6. The van der Waals surface area contributed by atoms with E-state index < -0.39 is 0 Å². The van der Waals surface area contributed by atoms with E-state index in [1.165, 1.54) is 33.5 Å². The molecule has 2 aliphatic carbocycles. The van der Waals surface area contributed by atoms with Crippen molar-refractivity contribution < 1.29 is 4.79 Å². The summed E-state index contributed by atoms with van der Waals surface area (Å²) < 4.78 is 0.779. The Morgan fingerprint density at radius 2 is 2.14 bits per heavy atom. The lowest BCUT2D eigenvalue weighted by Crippen LogP contribution is -2.32. The highest BCUT2D eigenvalue weighted by Gasteiger charge is 2.35. The van der Waals surface area contributed by atoms with Gasteiger partial charge in [0.25, 0.3) is 5.56 Å². The number of fused-ring (bicyclic) bond motifs is 3. The fourth-order valence-corrected chi connectivity index (χ4v) is 6.65. The van der Waals surface area contributed by atoms with Gasteiger partial charge < -0.3 is 4.98 Å². The van der Waals surface area contributed by atoms with E-state index in [1.54, 1.807) is 16.2 Å². The van der Waals surface area contributed by atoms with Crippen LogP contribution in [0.3, 0.4) is 0 Å². The molecule has 1 N–H and O–H groups in total. The predicted molar refractivity (Wildman–Crippen MR) is 113 cm³/mol. The average Bonchev–Trinajstić information content (AvgIpc) is 3.07. The fraction of sp³-hybridized carbons (Fsp3) is 0.500. The van der Waals surface area contributed by atoms with Crippen molar-refractivity contribution in [2.45, 2.75) is 61.6 Å². The minimum Gasteiger partial charge on any atom is -0.309 e. The maximum absolute atomic E-state index is 12.5. The number of hydrogen-bond acceptors (Lipinski definition) is 8. The molecule has 0 spiro atoms. The molecule has 7 nitrogen and oxygen atoms in total. The van der Waals surface area contributed by atoms with Crippen LogP contribution < -0.4 is 10.5 Å². The first kappa shape index (κ1) is 18.3. The molecule has 1 amide bonds. The number of nitrogens with one attached hydrogen (secondary N) is 1. The summed E-state index contributed by atoms with van der Waals surface area (Å²) in [6, 6.07) is 0.277. The van der Waals surface area contributed by atoms with E-state index in [0.717, 1.165) is 46.7 Å². The van der Waals surface area contributed by atoms with Gasteiger partial charge in [0.05, 0.1) is 11.1 Å². The number of aryl methyl sites for hydroxylation is 2. The van der Waals surface area contributed by atoms with Crippen LogP contribution in [0.25, 0.3) is 10.2 Å². The monoisotopic (exact) mass is 433 g/mol. The second-order valence-electron chi connectivity index (χ2n) is 7.04. The van der Waals surface area contributed by atoms with E-state index in [0.29, 0.717) is 23.1 Å². The number of amides is 1. The summed E-state index contributed by atoms with van der Waals surface area (Å²) in [6.45, 7) is 1.87. The van der Waals surface area contributed by atoms with E-state index in [4.69, 9.17) is 0 Å². The second-order valence-corrected chi connectivity index (χ2v) is 10.3. The molecule has 5 rings (SSSR count). The van der Waals surface area contributed by atoms with E-state index in [1.807, 2.05) is 6.92 Å². The van der Waals surface area contributed by atoms with Crippen LogP contribution in [0.1, 0.15) is 48.9 Å². The maximum atomic E-state index is 12.5. The number of aromatic nitrogens is 4. The fourth-order valence-electron chi connectivity index (χ4n) is 3.57. The molecule has 1 saturated carbocycles. The summed E-state index contributed by atoms with van der Waals surface area (Å²) in [5.41, 5.74) is 1.16. The van der Waals surface area contributed by atoms with Gasteiger partial charge in [-0.25, -0.2) is 4.98 Å². The zero-order valence-corrected chi connectivity index (χ0v) is 17.8. The number of carbonyl (C=O) groups excluding carboxylic acids is 1. The van der Waals surface area contributed by atoms with Crippen molar-refractivity contribution in [3.8, 4) is 0 Å². The molecular formula is C18H19N5O2S3. The number of anilines is 1. The van der Waals surface area contributed by atoms with Crippen LogP contribution in [-0.4, -0.2) is 32.1 Å². The van der Waals surface area contributed by atoms with Gasteiger partial charge in [-0.2, -0.15) is 0 Å². The summed E-state index contributed by atoms with van der Waals surface area (Å²) in [4.78, 5) is 36.3. The van der Waals surface area contributed by atoms with Crippen LogP contribution in [-0.2, 0) is 23.4 Å². The van der Waals surface area contributed by atoms with Gasteiger partial charge in [0.2, 0.25) is 11.0 Å². The molecule has 2 aliphatic rings. The van der Waals surface area contributed by atoms with Gasteiger partial charge in [-0.3, -0.25) is 14.5 Å². The predicted octanol–water partition coefficient (Wildman–Crippen LogP) is 3.52. The summed E-state index contributed by atoms with van der Waals surface area (Å²) in [5, 5.41) is 9.90. The summed E-state index contributed by atoms with van der Waals surface area (Å²) in [7, 11) is 0. The lowest BCUT2D eigenvalue weighted by molar-refractivity contribution is -0.118. The van der Waals surface area contributed by atoms with Gasteiger partial charge in [-0.15, -0.1) is 21.5 Å². The molecule has 0 bridgehead atoms. The Morgan fingerprint density at radius 1 is 1.29 bits per heavy atom. The molecule has 0 atom stereocenters. The molecule has 3 heterocycles. The van der Waals surface area contributed by atoms with Crippen LogP contribution in [0.2, 0.25) is 0 Å². The van der Waals surface area contributed by atoms with Gasteiger partial charge in [0.15, 0.2) is 4.34 Å². The normalized spacial score (nSPS) is 15.9.